The van der Waals surface area contributed by atoms with Gasteiger partial charge in [-0.2, -0.15) is 9.97 Å². The smallest absolute Gasteiger partial charge is 0.238 e. The Morgan fingerprint density at radius 1 is 0.442 bits per heavy atom. The van der Waals surface area contributed by atoms with Crippen LogP contribution in [0.15, 0.2) is 140 Å². The van der Waals surface area contributed by atoms with Crippen molar-refractivity contribution in [1.82, 2.24) is 24.1 Å². The largest absolute Gasteiger partial charge is 0.309 e. The van der Waals surface area contributed by atoms with Gasteiger partial charge in [-0.15, -0.1) is 0 Å². The molecule has 0 unspecified atom stereocenters. The molecule has 52 heavy (non-hydrogen) atoms. The molecule has 6 aromatic carbocycles. The molecule has 5 heteroatoms. The van der Waals surface area contributed by atoms with Crippen LogP contribution in [0.5, 0.6) is 0 Å². The van der Waals surface area contributed by atoms with E-state index in [1.54, 1.807) is 0 Å². The second-order valence-electron chi connectivity index (χ2n) is 13.8. The minimum atomic E-state index is 0.614. The van der Waals surface area contributed by atoms with Crippen LogP contribution in [0.3, 0.4) is 0 Å². The minimum absolute atomic E-state index is 0.614. The van der Waals surface area contributed by atoms with Gasteiger partial charge >= 0.3 is 0 Å². The van der Waals surface area contributed by atoms with Gasteiger partial charge in [-0.25, -0.2) is 4.98 Å². The van der Waals surface area contributed by atoms with Gasteiger partial charge in [0.25, 0.3) is 0 Å². The summed E-state index contributed by atoms with van der Waals surface area (Å²) in [5.41, 5.74) is 10.2. The van der Waals surface area contributed by atoms with Crippen LogP contribution in [-0.2, 0) is 12.8 Å². The first-order valence-electron chi connectivity index (χ1n) is 18.7. The third-order valence-corrected chi connectivity index (χ3v) is 10.3. The zero-order valence-electron chi connectivity index (χ0n) is 29.8. The highest BCUT2D eigenvalue weighted by molar-refractivity contribution is 6.10. The summed E-state index contributed by atoms with van der Waals surface area (Å²) in [6, 6.07) is 49.9. The molecular formula is C47H41N5. The van der Waals surface area contributed by atoms with Crippen LogP contribution in [0.4, 0.5) is 0 Å². The molecule has 9 rings (SSSR count). The van der Waals surface area contributed by atoms with Crippen molar-refractivity contribution in [3.63, 3.8) is 0 Å². The lowest BCUT2D eigenvalue weighted by molar-refractivity contribution is 0.780. The minimum Gasteiger partial charge on any atom is -0.309 e. The Hall–Kier alpha value is -6.07. The summed E-state index contributed by atoms with van der Waals surface area (Å²) in [5, 5.41) is 4.80. The van der Waals surface area contributed by atoms with Crippen LogP contribution < -0.4 is 0 Å². The lowest BCUT2D eigenvalue weighted by Gasteiger charge is -2.16. The Bertz CT molecular complexity index is 2600. The van der Waals surface area contributed by atoms with Crippen LogP contribution >= 0.6 is 0 Å². The second-order valence-corrected chi connectivity index (χ2v) is 13.8. The van der Waals surface area contributed by atoms with Crippen molar-refractivity contribution < 1.29 is 0 Å². The highest BCUT2D eigenvalue weighted by Crippen LogP contribution is 2.37. The monoisotopic (exact) mass is 675 g/mol. The second kappa shape index (κ2) is 13.6. The molecule has 0 bridgehead atoms. The maximum atomic E-state index is 5.37. The summed E-state index contributed by atoms with van der Waals surface area (Å²) >= 11 is 0. The average Bonchev–Trinajstić information content (AvgIpc) is 3.72. The van der Waals surface area contributed by atoms with Gasteiger partial charge in [-0.3, -0.25) is 4.57 Å². The first-order chi connectivity index (χ1) is 25.7. The van der Waals surface area contributed by atoms with Gasteiger partial charge < -0.3 is 4.57 Å². The van der Waals surface area contributed by atoms with Gasteiger partial charge in [-0.1, -0.05) is 118 Å². The fraction of sp³-hybridized carbons (Fsp3) is 0.170. The predicted octanol–water partition coefficient (Wildman–Crippen LogP) is 12.1. The van der Waals surface area contributed by atoms with Gasteiger partial charge in [0.15, 0.2) is 11.6 Å². The molecule has 0 saturated carbocycles. The van der Waals surface area contributed by atoms with Gasteiger partial charge in [0, 0.05) is 32.7 Å². The van der Waals surface area contributed by atoms with Crippen LogP contribution in [0.25, 0.3) is 78.0 Å². The summed E-state index contributed by atoms with van der Waals surface area (Å²) in [6.07, 6.45) is 6.69. The first-order valence-corrected chi connectivity index (χ1v) is 18.7. The zero-order valence-corrected chi connectivity index (χ0v) is 29.8. The molecule has 9 aromatic rings. The number of hydrogen-bond acceptors (Lipinski definition) is 3. The molecule has 0 amide bonds. The number of aryl methyl sites for hydroxylation is 2. The molecule has 0 radical (unpaired) electrons. The number of fused-ring (bicyclic) bond motifs is 6. The van der Waals surface area contributed by atoms with Gasteiger partial charge in [0.1, 0.15) is 0 Å². The molecule has 254 valence electrons. The lowest BCUT2D eigenvalue weighted by atomic mass is 9.98. The molecule has 3 heterocycles. The predicted molar refractivity (Wildman–Crippen MR) is 217 cm³/mol. The maximum absolute atomic E-state index is 5.37. The van der Waals surface area contributed by atoms with Crippen LogP contribution in [0.1, 0.15) is 50.7 Å². The van der Waals surface area contributed by atoms with E-state index in [-0.39, 0.29) is 0 Å². The van der Waals surface area contributed by atoms with Crippen molar-refractivity contribution in [2.75, 3.05) is 0 Å². The number of benzene rings is 6. The van der Waals surface area contributed by atoms with Gasteiger partial charge in [-0.05, 0) is 85.3 Å². The number of rotatable bonds is 10. The van der Waals surface area contributed by atoms with Crippen molar-refractivity contribution in [2.45, 2.75) is 52.4 Å². The molecule has 0 aliphatic rings. The summed E-state index contributed by atoms with van der Waals surface area (Å²) < 4.78 is 4.57. The van der Waals surface area contributed by atoms with Crippen molar-refractivity contribution >= 4 is 43.6 Å². The molecular weight excluding hydrogens is 635 g/mol. The zero-order chi connectivity index (χ0) is 35.0. The van der Waals surface area contributed by atoms with Crippen molar-refractivity contribution in [3.8, 4) is 34.4 Å². The molecule has 0 aliphatic heterocycles. The van der Waals surface area contributed by atoms with E-state index in [1.807, 2.05) is 0 Å². The first kappa shape index (κ1) is 31.9. The SMILES string of the molecule is CCCCc1cc(CCCC)cc(-c2nc(-c3ccccc3-n3c4ccccc4c4ccccc43)nc(-n3c4ccccc4c4ccccc43)n2)c1. The summed E-state index contributed by atoms with van der Waals surface area (Å²) in [7, 11) is 0. The fourth-order valence-corrected chi connectivity index (χ4v) is 7.83. The Kier molecular flexibility index (Phi) is 8.32. The van der Waals surface area contributed by atoms with E-state index in [4.69, 9.17) is 15.0 Å². The fourth-order valence-electron chi connectivity index (χ4n) is 7.83. The summed E-state index contributed by atoms with van der Waals surface area (Å²) in [4.78, 5) is 16.1. The maximum Gasteiger partial charge on any atom is 0.238 e. The third kappa shape index (κ3) is 5.54. The molecule has 5 nitrogen and oxygen atoms in total. The number of aromatic nitrogens is 5. The highest BCUT2D eigenvalue weighted by atomic mass is 15.2. The van der Waals surface area contributed by atoms with E-state index in [1.165, 1.54) is 32.7 Å². The number of hydrogen-bond donors (Lipinski definition) is 0. The number of para-hydroxylation sites is 5. The molecule has 0 spiro atoms. The van der Waals surface area contributed by atoms with Crippen molar-refractivity contribution in [3.05, 3.63) is 151 Å². The standard InChI is InChI=1S/C47H41N5/c1-3-5-17-32-29-33(18-6-4-2)31-34(30-32)45-48-46(50-47(49-45)52-42-26-14-9-21-37(42)38-22-10-15-27-43(38)52)39-23-11-16-28-44(39)51-40-24-12-7-19-35(40)36-20-8-13-25-41(36)51/h7-16,19-31H,3-6,17-18H2,1-2H3. The highest BCUT2D eigenvalue weighted by Gasteiger charge is 2.21. The third-order valence-electron chi connectivity index (χ3n) is 10.3. The molecule has 0 fully saturated rings. The van der Waals surface area contributed by atoms with Gasteiger partial charge in [0.2, 0.25) is 5.95 Å². The van der Waals surface area contributed by atoms with Crippen LogP contribution in [-0.4, -0.2) is 24.1 Å². The van der Waals surface area contributed by atoms with E-state index in [0.29, 0.717) is 17.6 Å². The molecule has 0 saturated heterocycles. The van der Waals surface area contributed by atoms with E-state index in [0.717, 1.165) is 77.4 Å². The van der Waals surface area contributed by atoms with Crippen molar-refractivity contribution in [2.24, 2.45) is 0 Å². The van der Waals surface area contributed by atoms with E-state index in [2.05, 4.69) is 163 Å². The van der Waals surface area contributed by atoms with Crippen molar-refractivity contribution in [1.29, 1.82) is 0 Å². The Balaban J connectivity index is 1.33. The molecule has 0 atom stereocenters. The lowest BCUT2D eigenvalue weighted by Crippen LogP contribution is -2.08. The van der Waals surface area contributed by atoms with Crippen LogP contribution in [0, 0.1) is 0 Å². The van der Waals surface area contributed by atoms with Gasteiger partial charge in [0.05, 0.1) is 27.8 Å². The summed E-state index contributed by atoms with van der Waals surface area (Å²) in [5.74, 6) is 1.95. The molecule has 0 aliphatic carbocycles. The Morgan fingerprint density at radius 2 is 0.885 bits per heavy atom. The molecule has 3 aromatic heterocycles. The Morgan fingerprint density at radius 3 is 1.40 bits per heavy atom. The van der Waals surface area contributed by atoms with E-state index >= 15 is 0 Å². The summed E-state index contributed by atoms with van der Waals surface area (Å²) in [6.45, 7) is 4.51. The quantitative estimate of drug-likeness (QED) is 0.145. The average molecular weight is 676 g/mol. The normalized spacial score (nSPS) is 11.7. The number of nitrogens with zero attached hydrogens (tertiary/aromatic N) is 5. The van der Waals surface area contributed by atoms with Crippen LogP contribution in [0.2, 0.25) is 0 Å². The molecule has 0 N–H and O–H groups in total. The topological polar surface area (TPSA) is 48.5 Å². The van der Waals surface area contributed by atoms with E-state index < -0.39 is 0 Å². The Labute approximate surface area is 304 Å². The van der Waals surface area contributed by atoms with E-state index in [9.17, 15) is 0 Å². The number of unbranched alkanes of at least 4 members (excludes halogenated alkanes) is 2.